The van der Waals surface area contributed by atoms with Crippen LogP contribution in [0.1, 0.15) is 0 Å². The fraction of sp³-hybridized carbons (Fsp3) is 0.308. The minimum absolute atomic E-state index is 0.0123. The first-order valence-corrected chi connectivity index (χ1v) is 6.30. The number of urea groups is 1. The van der Waals surface area contributed by atoms with Crippen molar-refractivity contribution in [1.29, 1.82) is 0 Å². The van der Waals surface area contributed by atoms with Crippen LogP contribution in [0.5, 0.6) is 5.75 Å². The molecule has 7 nitrogen and oxygen atoms in total. The third kappa shape index (κ3) is 3.91. The maximum Gasteiger partial charge on any atom is 0.324 e. The highest BCUT2D eigenvalue weighted by molar-refractivity contribution is 6.01. The summed E-state index contributed by atoms with van der Waals surface area (Å²) in [6, 6.07) is 5.27. The maximum absolute atomic E-state index is 13.2. The Bertz CT molecular complexity index is 548. The molecule has 0 aromatic heterocycles. The van der Waals surface area contributed by atoms with E-state index in [1.54, 1.807) is 6.07 Å². The largest absolute Gasteiger partial charge is 0.481 e. The molecule has 1 aromatic carbocycles. The molecule has 1 saturated heterocycles. The zero-order valence-corrected chi connectivity index (χ0v) is 11.1. The number of hydrogen-bond donors (Lipinski definition) is 2. The van der Waals surface area contributed by atoms with Gasteiger partial charge in [0.1, 0.15) is 0 Å². The highest BCUT2D eigenvalue weighted by atomic mass is 19.1. The molecule has 112 valence electrons. The van der Waals surface area contributed by atoms with Crippen molar-refractivity contribution in [2.75, 3.05) is 26.2 Å². The second-order valence-corrected chi connectivity index (χ2v) is 4.27. The number of amides is 4. The van der Waals surface area contributed by atoms with Crippen LogP contribution in [0.25, 0.3) is 0 Å². The Morgan fingerprint density at radius 1 is 1.38 bits per heavy atom. The van der Waals surface area contributed by atoms with Crippen LogP contribution in [-0.2, 0) is 9.59 Å². The third-order valence-electron chi connectivity index (χ3n) is 2.79. The smallest absolute Gasteiger partial charge is 0.324 e. The van der Waals surface area contributed by atoms with E-state index in [4.69, 9.17) is 4.74 Å². The lowest BCUT2D eigenvalue weighted by molar-refractivity contribution is -0.126. The van der Waals surface area contributed by atoms with Crippen molar-refractivity contribution in [3.05, 3.63) is 30.1 Å². The second-order valence-electron chi connectivity index (χ2n) is 4.27. The molecule has 0 spiro atoms. The van der Waals surface area contributed by atoms with Gasteiger partial charge < -0.3 is 15.4 Å². The molecule has 0 saturated carbocycles. The molecule has 8 heteroatoms. The molecule has 21 heavy (non-hydrogen) atoms. The number of carbonyl (C=O) groups excluding carboxylic acids is 3. The molecule has 1 aliphatic rings. The van der Waals surface area contributed by atoms with Crippen LogP contribution >= 0.6 is 0 Å². The molecule has 2 rings (SSSR count). The van der Waals surface area contributed by atoms with Crippen LogP contribution in [0, 0.1) is 5.82 Å². The number of carbonyl (C=O) groups is 3. The van der Waals surface area contributed by atoms with E-state index < -0.39 is 17.8 Å². The van der Waals surface area contributed by atoms with E-state index in [0.717, 1.165) is 4.90 Å². The van der Waals surface area contributed by atoms with Crippen molar-refractivity contribution >= 4 is 17.8 Å². The Balaban J connectivity index is 1.69. The summed E-state index contributed by atoms with van der Waals surface area (Å²) in [6.45, 7) is -0.182. The molecular weight excluding hydrogens is 281 g/mol. The number of imide groups is 1. The Hall–Kier alpha value is -2.64. The summed E-state index contributed by atoms with van der Waals surface area (Å²) in [4.78, 5) is 35.0. The molecule has 1 aliphatic heterocycles. The lowest BCUT2D eigenvalue weighted by Crippen LogP contribution is -2.40. The molecule has 0 unspecified atom stereocenters. The highest BCUT2D eigenvalue weighted by Gasteiger charge is 2.27. The zero-order valence-electron chi connectivity index (χ0n) is 11.1. The molecule has 0 aliphatic carbocycles. The van der Waals surface area contributed by atoms with Crippen LogP contribution in [0.4, 0.5) is 9.18 Å². The normalized spacial score (nSPS) is 14.0. The fourth-order valence-corrected chi connectivity index (χ4v) is 1.74. The second kappa shape index (κ2) is 6.69. The number of rotatable bonds is 6. The minimum atomic E-state index is -0.551. The first-order valence-electron chi connectivity index (χ1n) is 6.30. The fourth-order valence-electron chi connectivity index (χ4n) is 1.74. The van der Waals surface area contributed by atoms with E-state index >= 15 is 0 Å². The molecule has 0 atom stereocenters. The van der Waals surface area contributed by atoms with E-state index in [0.29, 0.717) is 0 Å². The van der Waals surface area contributed by atoms with E-state index in [1.165, 1.54) is 18.2 Å². The van der Waals surface area contributed by atoms with Crippen molar-refractivity contribution in [3.8, 4) is 5.75 Å². The predicted molar refractivity (Wildman–Crippen MR) is 70.0 cm³/mol. The first kappa shape index (κ1) is 14.8. The van der Waals surface area contributed by atoms with Crippen LogP contribution < -0.4 is 15.4 Å². The van der Waals surface area contributed by atoms with Gasteiger partial charge in [-0.3, -0.25) is 14.5 Å². The SMILES string of the molecule is O=C(COc1ccccc1F)NCCN1C(=O)CNC1=O. The quantitative estimate of drug-likeness (QED) is 0.716. The number of para-hydroxylation sites is 1. The molecule has 2 N–H and O–H groups in total. The van der Waals surface area contributed by atoms with Crippen molar-refractivity contribution in [3.63, 3.8) is 0 Å². The van der Waals surface area contributed by atoms with Gasteiger partial charge in [0.25, 0.3) is 5.91 Å². The maximum atomic E-state index is 13.2. The average Bonchev–Trinajstić information content (AvgIpc) is 2.78. The number of hydrogen-bond acceptors (Lipinski definition) is 4. The standard InChI is InChI=1S/C13H14FN3O4/c14-9-3-1-2-4-10(9)21-8-11(18)15-5-6-17-12(19)7-16-13(17)20/h1-4H,5-8H2,(H,15,18)(H,16,20). The summed E-state index contributed by atoms with van der Waals surface area (Å²) in [5, 5.41) is 4.85. The zero-order chi connectivity index (χ0) is 15.2. The molecule has 1 heterocycles. The van der Waals surface area contributed by atoms with Crippen molar-refractivity contribution in [2.24, 2.45) is 0 Å². The van der Waals surface area contributed by atoms with E-state index in [1.807, 2.05) is 0 Å². The number of nitrogens with zero attached hydrogens (tertiary/aromatic N) is 1. The number of ether oxygens (including phenoxy) is 1. The van der Waals surface area contributed by atoms with Crippen LogP contribution in [0.15, 0.2) is 24.3 Å². The van der Waals surface area contributed by atoms with Gasteiger partial charge in [0, 0.05) is 13.1 Å². The van der Waals surface area contributed by atoms with E-state index in [-0.39, 0.29) is 37.9 Å². The van der Waals surface area contributed by atoms with E-state index in [2.05, 4.69) is 10.6 Å². The van der Waals surface area contributed by atoms with Gasteiger partial charge in [-0.25, -0.2) is 9.18 Å². The van der Waals surface area contributed by atoms with E-state index in [9.17, 15) is 18.8 Å². The summed E-state index contributed by atoms with van der Waals surface area (Å²) in [5.74, 6) is -1.37. The van der Waals surface area contributed by atoms with Gasteiger partial charge in [-0.2, -0.15) is 0 Å². The van der Waals surface area contributed by atoms with Crippen molar-refractivity contribution in [2.45, 2.75) is 0 Å². The Kier molecular flexibility index (Phi) is 4.70. The van der Waals surface area contributed by atoms with Crippen molar-refractivity contribution in [1.82, 2.24) is 15.5 Å². The molecular formula is C13H14FN3O4. The topological polar surface area (TPSA) is 87.7 Å². The minimum Gasteiger partial charge on any atom is -0.481 e. The van der Waals surface area contributed by atoms with Gasteiger partial charge in [0.2, 0.25) is 5.91 Å². The summed E-state index contributed by atoms with van der Waals surface area (Å²) < 4.78 is 18.3. The van der Waals surface area contributed by atoms with Gasteiger partial charge in [-0.15, -0.1) is 0 Å². The lowest BCUT2D eigenvalue weighted by atomic mass is 10.3. The molecule has 1 fully saturated rings. The Labute approximate surface area is 120 Å². The monoisotopic (exact) mass is 295 g/mol. The summed E-state index contributed by atoms with van der Waals surface area (Å²) in [5.41, 5.74) is 0. The van der Waals surface area contributed by atoms with Gasteiger partial charge in [-0.05, 0) is 12.1 Å². The number of benzene rings is 1. The number of halogens is 1. The van der Waals surface area contributed by atoms with Gasteiger partial charge in [0.05, 0.1) is 6.54 Å². The summed E-state index contributed by atoms with van der Waals surface area (Å²) >= 11 is 0. The van der Waals surface area contributed by atoms with Crippen LogP contribution in [0.2, 0.25) is 0 Å². The molecule has 4 amide bonds. The Morgan fingerprint density at radius 3 is 2.81 bits per heavy atom. The lowest BCUT2D eigenvalue weighted by Gasteiger charge is -2.13. The highest BCUT2D eigenvalue weighted by Crippen LogP contribution is 2.14. The van der Waals surface area contributed by atoms with Crippen molar-refractivity contribution < 1.29 is 23.5 Å². The predicted octanol–water partition coefficient (Wildman–Crippen LogP) is -0.128. The van der Waals surface area contributed by atoms with Crippen LogP contribution in [0.3, 0.4) is 0 Å². The van der Waals surface area contributed by atoms with Crippen LogP contribution in [-0.4, -0.2) is 49.0 Å². The number of nitrogens with one attached hydrogen (secondary N) is 2. The summed E-state index contributed by atoms with van der Waals surface area (Å²) in [6.07, 6.45) is 0. The van der Waals surface area contributed by atoms with Gasteiger partial charge in [0.15, 0.2) is 18.2 Å². The first-order chi connectivity index (χ1) is 10.1. The van der Waals surface area contributed by atoms with Gasteiger partial charge >= 0.3 is 6.03 Å². The summed E-state index contributed by atoms with van der Waals surface area (Å²) in [7, 11) is 0. The molecule has 0 bridgehead atoms. The van der Waals surface area contributed by atoms with Gasteiger partial charge in [-0.1, -0.05) is 12.1 Å². The Morgan fingerprint density at radius 2 is 2.14 bits per heavy atom. The molecule has 0 radical (unpaired) electrons. The third-order valence-corrected chi connectivity index (χ3v) is 2.79. The average molecular weight is 295 g/mol. The molecule has 1 aromatic rings.